The van der Waals surface area contributed by atoms with Crippen LogP contribution < -0.4 is 4.74 Å². The van der Waals surface area contributed by atoms with Gasteiger partial charge in [0.1, 0.15) is 6.61 Å². The molecular formula is C17H13ClFNO. The smallest absolute Gasteiger partial charge is 0.165 e. The van der Waals surface area contributed by atoms with E-state index in [1.807, 2.05) is 30.3 Å². The van der Waals surface area contributed by atoms with Crippen LogP contribution in [0.1, 0.15) is 11.1 Å². The Labute approximate surface area is 127 Å². The summed E-state index contributed by atoms with van der Waals surface area (Å²) < 4.78 is 19.4. The Kier molecular flexibility index (Phi) is 4.02. The van der Waals surface area contributed by atoms with E-state index in [9.17, 15) is 4.39 Å². The molecule has 4 heteroatoms. The van der Waals surface area contributed by atoms with Crippen LogP contribution in [-0.2, 0) is 12.5 Å². The number of benzene rings is 2. The van der Waals surface area contributed by atoms with Crippen molar-refractivity contribution < 1.29 is 9.13 Å². The molecule has 0 aliphatic rings. The van der Waals surface area contributed by atoms with E-state index in [1.54, 1.807) is 18.3 Å². The topological polar surface area (TPSA) is 22.1 Å². The maximum atomic E-state index is 13.8. The number of fused-ring (bicyclic) bond motifs is 1. The normalized spacial score (nSPS) is 10.8. The van der Waals surface area contributed by atoms with Crippen molar-refractivity contribution in [1.29, 1.82) is 0 Å². The number of aromatic nitrogens is 1. The summed E-state index contributed by atoms with van der Waals surface area (Å²) in [4.78, 5) is 4.26. The molecule has 0 N–H and O–H groups in total. The van der Waals surface area contributed by atoms with Crippen LogP contribution in [0, 0.1) is 5.82 Å². The van der Waals surface area contributed by atoms with E-state index in [-0.39, 0.29) is 18.2 Å². The number of pyridine rings is 1. The highest BCUT2D eigenvalue weighted by atomic mass is 35.5. The van der Waals surface area contributed by atoms with Gasteiger partial charge in [0, 0.05) is 17.1 Å². The number of hydrogen-bond donors (Lipinski definition) is 0. The fourth-order valence-corrected chi connectivity index (χ4v) is 2.40. The first-order valence-corrected chi connectivity index (χ1v) is 7.11. The highest BCUT2D eigenvalue weighted by molar-refractivity contribution is 6.17. The molecule has 1 heterocycles. The first-order valence-electron chi connectivity index (χ1n) is 6.58. The fourth-order valence-electron chi connectivity index (χ4n) is 2.19. The highest BCUT2D eigenvalue weighted by Gasteiger charge is 2.09. The van der Waals surface area contributed by atoms with Crippen LogP contribution in [0.3, 0.4) is 0 Å². The van der Waals surface area contributed by atoms with E-state index in [1.165, 1.54) is 6.07 Å². The van der Waals surface area contributed by atoms with Crippen LogP contribution in [-0.4, -0.2) is 4.98 Å². The van der Waals surface area contributed by atoms with Gasteiger partial charge in [0.2, 0.25) is 0 Å². The summed E-state index contributed by atoms with van der Waals surface area (Å²) >= 11 is 5.81. The molecule has 0 fully saturated rings. The first-order chi connectivity index (χ1) is 10.3. The molecule has 0 saturated carbocycles. The lowest BCUT2D eigenvalue weighted by Gasteiger charge is -2.11. The van der Waals surface area contributed by atoms with Crippen molar-refractivity contribution in [2.45, 2.75) is 12.5 Å². The second kappa shape index (κ2) is 6.10. The van der Waals surface area contributed by atoms with Crippen molar-refractivity contribution in [3.05, 3.63) is 71.7 Å². The average Bonchev–Trinajstić information content (AvgIpc) is 2.53. The molecule has 3 rings (SSSR count). The summed E-state index contributed by atoms with van der Waals surface area (Å²) in [7, 11) is 0. The molecule has 21 heavy (non-hydrogen) atoms. The van der Waals surface area contributed by atoms with Crippen LogP contribution in [0.25, 0.3) is 10.9 Å². The lowest BCUT2D eigenvalue weighted by molar-refractivity contribution is 0.288. The fraction of sp³-hybridized carbons (Fsp3) is 0.118. The van der Waals surface area contributed by atoms with Gasteiger partial charge in [-0.2, -0.15) is 0 Å². The van der Waals surface area contributed by atoms with E-state index in [0.717, 1.165) is 16.5 Å². The van der Waals surface area contributed by atoms with E-state index in [0.29, 0.717) is 5.56 Å². The monoisotopic (exact) mass is 301 g/mol. The van der Waals surface area contributed by atoms with Gasteiger partial charge >= 0.3 is 0 Å². The molecule has 0 saturated heterocycles. The van der Waals surface area contributed by atoms with Crippen LogP contribution in [0.5, 0.6) is 5.75 Å². The zero-order valence-electron chi connectivity index (χ0n) is 11.2. The molecule has 0 aliphatic heterocycles. The number of nitrogens with zero attached hydrogens (tertiary/aromatic N) is 1. The second-order valence-electron chi connectivity index (χ2n) is 4.68. The Morgan fingerprint density at radius 2 is 2.00 bits per heavy atom. The second-order valence-corrected chi connectivity index (χ2v) is 4.95. The number of para-hydroxylation sites is 1. The maximum Gasteiger partial charge on any atom is 0.165 e. The maximum absolute atomic E-state index is 13.8. The number of halogens is 2. The average molecular weight is 302 g/mol. The van der Waals surface area contributed by atoms with Gasteiger partial charge in [-0.05, 0) is 29.8 Å². The molecule has 0 radical (unpaired) electrons. The third-order valence-corrected chi connectivity index (χ3v) is 3.53. The minimum Gasteiger partial charge on any atom is -0.485 e. The summed E-state index contributed by atoms with van der Waals surface area (Å²) in [5.74, 6) is 0.0451. The van der Waals surface area contributed by atoms with Crippen molar-refractivity contribution in [3.63, 3.8) is 0 Å². The molecule has 2 aromatic carbocycles. The molecule has 3 aromatic rings. The summed E-state index contributed by atoms with van der Waals surface area (Å²) in [5, 5.41) is 1.03. The first kappa shape index (κ1) is 13.8. The predicted octanol–water partition coefficient (Wildman–Crippen LogP) is 4.69. The third kappa shape index (κ3) is 2.98. The van der Waals surface area contributed by atoms with Crippen LogP contribution in [0.2, 0.25) is 0 Å². The molecule has 0 bridgehead atoms. The largest absolute Gasteiger partial charge is 0.485 e. The lowest BCUT2D eigenvalue weighted by atomic mass is 10.1. The van der Waals surface area contributed by atoms with E-state index < -0.39 is 5.82 Å². The molecule has 0 atom stereocenters. The minimum atomic E-state index is -0.393. The van der Waals surface area contributed by atoms with E-state index in [2.05, 4.69) is 4.98 Å². The van der Waals surface area contributed by atoms with Crippen molar-refractivity contribution in [2.75, 3.05) is 0 Å². The summed E-state index contributed by atoms with van der Waals surface area (Å²) in [6.07, 6.45) is 1.75. The van der Waals surface area contributed by atoms with Crippen LogP contribution in [0.4, 0.5) is 4.39 Å². The van der Waals surface area contributed by atoms with Crippen molar-refractivity contribution >= 4 is 22.5 Å². The third-order valence-electron chi connectivity index (χ3n) is 3.24. The molecule has 2 nitrogen and oxygen atoms in total. The Bertz CT molecular complexity index is 776. The number of alkyl halides is 1. The van der Waals surface area contributed by atoms with Gasteiger partial charge in [0.25, 0.3) is 0 Å². The van der Waals surface area contributed by atoms with Gasteiger partial charge in [-0.25, -0.2) is 4.39 Å². The summed E-state index contributed by atoms with van der Waals surface area (Å²) in [6.45, 7) is 0.287. The van der Waals surface area contributed by atoms with Crippen LogP contribution in [0.15, 0.2) is 54.7 Å². The quantitative estimate of drug-likeness (QED) is 0.652. The van der Waals surface area contributed by atoms with Gasteiger partial charge in [-0.1, -0.05) is 24.3 Å². The molecule has 0 unspecified atom stereocenters. The van der Waals surface area contributed by atoms with Crippen molar-refractivity contribution in [3.8, 4) is 5.75 Å². The van der Waals surface area contributed by atoms with Crippen LogP contribution >= 0.6 is 11.6 Å². The summed E-state index contributed by atoms with van der Waals surface area (Å²) in [6, 6.07) is 14.5. The molecule has 1 aromatic heterocycles. The molecule has 106 valence electrons. The van der Waals surface area contributed by atoms with Crippen molar-refractivity contribution in [2.24, 2.45) is 0 Å². The van der Waals surface area contributed by atoms with Gasteiger partial charge in [0.05, 0.1) is 11.4 Å². The van der Waals surface area contributed by atoms with Gasteiger partial charge in [-0.3, -0.25) is 4.98 Å². The van der Waals surface area contributed by atoms with E-state index in [4.69, 9.17) is 16.3 Å². The number of hydrogen-bond acceptors (Lipinski definition) is 2. The molecule has 0 aliphatic carbocycles. The van der Waals surface area contributed by atoms with Gasteiger partial charge in [0.15, 0.2) is 11.6 Å². The Hall–Kier alpha value is -2.13. The predicted molar refractivity (Wildman–Crippen MR) is 82.0 cm³/mol. The molecule has 0 spiro atoms. The van der Waals surface area contributed by atoms with Gasteiger partial charge < -0.3 is 4.74 Å². The standard InChI is InChI=1S/C17H13ClFNO/c18-10-14-3-1-5-15(19)17(14)21-11-12-6-7-16-13(9-12)4-2-8-20-16/h1-9H,10-11H2. The zero-order chi connectivity index (χ0) is 14.7. The van der Waals surface area contributed by atoms with Crippen molar-refractivity contribution in [1.82, 2.24) is 4.98 Å². The minimum absolute atomic E-state index is 0.217. The lowest BCUT2D eigenvalue weighted by Crippen LogP contribution is -2.00. The zero-order valence-corrected chi connectivity index (χ0v) is 12.0. The van der Waals surface area contributed by atoms with Gasteiger partial charge in [-0.15, -0.1) is 11.6 Å². The number of ether oxygens (including phenoxy) is 1. The van der Waals surface area contributed by atoms with E-state index >= 15 is 0 Å². The SMILES string of the molecule is Fc1cccc(CCl)c1OCc1ccc2ncccc2c1. The highest BCUT2D eigenvalue weighted by Crippen LogP contribution is 2.25. The Morgan fingerprint density at radius 3 is 2.86 bits per heavy atom. The molecule has 0 amide bonds. The Morgan fingerprint density at radius 1 is 1.10 bits per heavy atom. The Balaban J connectivity index is 1.83. The number of rotatable bonds is 4. The summed E-state index contributed by atoms with van der Waals surface area (Å²) in [5.41, 5.74) is 2.53. The molecular weight excluding hydrogens is 289 g/mol.